The van der Waals surface area contributed by atoms with Crippen LogP contribution in [-0.2, 0) is 0 Å². The van der Waals surface area contributed by atoms with Crippen LogP contribution in [0.1, 0.15) is 25.7 Å². The van der Waals surface area contributed by atoms with E-state index in [1.54, 1.807) is 29.6 Å². The Hall–Kier alpha value is -3.59. The Labute approximate surface area is 173 Å². The Morgan fingerprint density at radius 2 is 1.87 bits per heavy atom. The second kappa shape index (κ2) is 7.68. The summed E-state index contributed by atoms with van der Waals surface area (Å²) in [4.78, 5) is 15.2. The Bertz CT molecular complexity index is 1170. The highest BCUT2D eigenvalue weighted by atomic mass is 15.5. The molecular weight excluding hydrogens is 378 g/mol. The van der Waals surface area contributed by atoms with E-state index < -0.39 is 0 Å². The van der Waals surface area contributed by atoms with Crippen LogP contribution in [0.2, 0.25) is 0 Å². The van der Waals surface area contributed by atoms with Crippen LogP contribution in [0.3, 0.4) is 0 Å². The highest BCUT2D eigenvalue weighted by Gasteiger charge is 2.22. The highest BCUT2D eigenvalue weighted by molar-refractivity contribution is 5.98. The molecule has 1 saturated carbocycles. The predicted molar refractivity (Wildman–Crippen MR) is 116 cm³/mol. The zero-order chi connectivity index (χ0) is 20.5. The molecule has 30 heavy (non-hydrogen) atoms. The third-order valence-electron chi connectivity index (χ3n) is 5.59. The highest BCUT2D eigenvalue weighted by Crippen LogP contribution is 2.31. The lowest BCUT2D eigenvalue weighted by Gasteiger charge is -2.29. The summed E-state index contributed by atoms with van der Waals surface area (Å²) in [5, 5.41) is 12.6. The standard InChI is InChI=1S/C21H23N9/c22-17-6-1-2-7-18(17)28-21-25-12-16-19(29-21)15(11-24-20(16)23)13-4-3-5-14(10-13)30-26-8-9-27-30/h3-5,8-12,17-18H,1-2,6-7,22H2,(H2,23,24)(H,25,28,29)/t17-,18+/m0/s1. The molecule has 0 unspecified atom stereocenters. The number of hydrogen-bond acceptors (Lipinski definition) is 8. The molecule has 1 aliphatic rings. The van der Waals surface area contributed by atoms with E-state index in [9.17, 15) is 0 Å². The minimum Gasteiger partial charge on any atom is -0.383 e. The number of rotatable bonds is 4. The van der Waals surface area contributed by atoms with Crippen LogP contribution in [0.25, 0.3) is 27.7 Å². The molecule has 9 heteroatoms. The summed E-state index contributed by atoms with van der Waals surface area (Å²) in [5.41, 5.74) is 15.8. The fourth-order valence-corrected chi connectivity index (χ4v) is 3.97. The molecule has 3 heterocycles. The first-order valence-corrected chi connectivity index (χ1v) is 10.1. The van der Waals surface area contributed by atoms with Gasteiger partial charge in [-0.25, -0.2) is 15.0 Å². The summed E-state index contributed by atoms with van der Waals surface area (Å²) in [6, 6.07) is 8.19. The molecule has 5 N–H and O–H groups in total. The minimum absolute atomic E-state index is 0.110. The zero-order valence-electron chi connectivity index (χ0n) is 16.4. The van der Waals surface area contributed by atoms with E-state index in [1.165, 1.54) is 6.42 Å². The van der Waals surface area contributed by atoms with Crippen molar-refractivity contribution in [1.29, 1.82) is 0 Å². The molecule has 0 radical (unpaired) electrons. The predicted octanol–water partition coefficient (Wildman–Crippen LogP) is 2.54. The first kappa shape index (κ1) is 18.4. The van der Waals surface area contributed by atoms with Crippen LogP contribution >= 0.6 is 0 Å². The summed E-state index contributed by atoms with van der Waals surface area (Å²) < 4.78 is 0. The molecule has 1 aromatic carbocycles. The summed E-state index contributed by atoms with van der Waals surface area (Å²) in [7, 11) is 0. The number of nitrogens with one attached hydrogen (secondary N) is 1. The second-order valence-electron chi connectivity index (χ2n) is 7.58. The molecule has 0 spiro atoms. The minimum atomic E-state index is 0.110. The van der Waals surface area contributed by atoms with Crippen molar-refractivity contribution < 1.29 is 0 Å². The lowest BCUT2D eigenvalue weighted by atomic mass is 9.91. The van der Waals surface area contributed by atoms with E-state index in [2.05, 4.69) is 25.5 Å². The topological polar surface area (TPSA) is 133 Å². The van der Waals surface area contributed by atoms with Crippen LogP contribution in [-0.4, -0.2) is 42.0 Å². The number of pyridine rings is 1. The summed E-state index contributed by atoms with van der Waals surface area (Å²) >= 11 is 0. The molecule has 0 bridgehead atoms. The number of anilines is 2. The third kappa shape index (κ3) is 3.43. The van der Waals surface area contributed by atoms with Gasteiger partial charge in [-0.1, -0.05) is 25.0 Å². The van der Waals surface area contributed by atoms with Crippen LogP contribution in [0.5, 0.6) is 0 Å². The average Bonchev–Trinajstić information content (AvgIpc) is 3.31. The van der Waals surface area contributed by atoms with E-state index >= 15 is 0 Å². The SMILES string of the molecule is Nc1ncc(-c2cccc(-n3nccn3)c2)c2nc(N[C@@H]3CCCC[C@@H]3N)ncc12. The van der Waals surface area contributed by atoms with Crippen LogP contribution < -0.4 is 16.8 Å². The number of hydrogen-bond donors (Lipinski definition) is 3. The largest absolute Gasteiger partial charge is 0.383 e. The third-order valence-corrected chi connectivity index (χ3v) is 5.59. The van der Waals surface area contributed by atoms with Crippen molar-refractivity contribution in [3.63, 3.8) is 0 Å². The first-order chi connectivity index (χ1) is 14.7. The zero-order valence-corrected chi connectivity index (χ0v) is 16.4. The quantitative estimate of drug-likeness (QED) is 0.475. The van der Waals surface area contributed by atoms with Gasteiger partial charge < -0.3 is 16.8 Å². The molecule has 4 aromatic rings. The van der Waals surface area contributed by atoms with E-state index in [0.29, 0.717) is 17.2 Å². The van der Waals surface area contributed by atoms with Gasteiger partial charge in [-0.15, -0.1) is 0 Å². The molecule has 1 aliphatic carbocycles. The molecule has 3 aromatic heterocycles. The maximum absolute atomic E-state index is 6.29. The molecule has 2 atom stereocenters. The van der Waals surface area contributed by atoms with Crippen LogP contribution in [0.4, 0.5) is 11.8 Å². The number of nitrogen functional groups attached to an aromatic ring is 1. The summed E-state index contributed by atoms with van der Waals surface area (Å²) in [6.45, 7) is 0. The van der Waals surface area contributed by atoms with Crippen molar-refractivity contribution in [2.24, 2.45) is 5.73 Å². The second-order valence-corrected chi connectivity index (χ2v) is 7.58. The van der Waals surface area contributed by atoms with Crippen LogP contribution in [0.15, 0.2) is 49.1 Å². The Morgan fingerprint density at radius 3 is 2.70 bits per heavy atom. The number of aromatic nitrogens is 6. The Kier molecular flexibility index (Phi) is 4.72. The molecular formula is C21H23N9. The van der Waals surface area contributed by atoms with Crippen molar-refractivity contribution in [1.82, 2.24) is 29.9 Å². The maximum Gasteiger partial charge on any atom is 0.223 e. The fourth-order valence-electron chi connectivity index (χ4n) is 3.97. The normalized spacial score (nSPS) is 19.1. The molecule has 0 saturated heterocycles. The summed E-state index contributed by atoms with van der Waals surface area (Å²) in [5.74, 6) is 0.959. The van der Waals surface area contributed by atoms with Gasteiger partial charge in [0.2, 0.25) is 5.95 Å². The van der Waals surface area contributed by atoms with Crippen molar-refractivity contribution in [2.45, 2.75) is 37.8 Å². The average molecular weight is 401 g/mol. The van der Waals surface area contributed by atoms with Crippen molar-refractivity contribution in [2.75, 3.05) is 11.1 Å². The van der Waals surface area contributed by atoms with Gasteiger partial charge in [0.15, 0.2) is 0 Å². The Morgan fingerprint density at radius 1 is 1.03 bits per heavy atom. The van der Waals surface area contributed by atoms with Gasteiger partial charge in [-0.05, 0) is 30.5 Å². The molecule has 0 amide bonds. The van der Waals surface area contributed by atoms with Crippen molar-refractivity contribution >= 4 is 22.7 Å². The number of fused-ring (bicyclic) bond motifs is 1. The van der Waals surface area contributed by atoms with Gasteiger partial charge in [0.1, 0.15) is 5.82 Å². The summed E-state index contributed by atoms with van der Waals surface area (Å²) in [6.07, 6.45) is 11.1. The molecule has 0 aliphatic heterocycles. The molecule has 1 fully saturated rings. The number of nitrogens with two attached hydrogens (primary N) is 2. The van der Waals surface area contributed by atoms with E-state index in [-0.39, 0.29) is 12.1 Å². The van der Waals surface area contributed by atoms with Crippen LogP contribution in [0, 0.1) is 0 Å². The monoisotopic (exact) mass is 401 g/mol. The Balaban J connectivity index is 1.57. The maximum atomic E-state index is 6.29. The van der Waals surface area contributed by atoms with Gasteiger partial charge in [-0.3, -0.25) is 0 Å². The van der Waals surface area contributed by atoms with E-state index in [1.807, 2.05) is 24.3 Å². The molecule has 152 valence electrons. The number of nitrogens with zero attached hydrogens (tertiary/aromatic N) is 6. The van der Waals surface area contributed by atoms with Gasteiger partial charge in [0, 0.05) is 30.0 Å². The van der Waals surface area contributed by atoms with Gasteiger partial charge in [-0.2, -0.15) is 15.0 Å². The van der Waals surface area contributed by atoms with E-state index in [0.717, 1.165) is 41.6 Å². The fraction of sp³-hybridized carbons (Fsp3) is 0.286. The van der Waals surface area contributed by atoms with Crippen molar-refractivity contribution in [3.8, 4) is 16.8 Å². The molecule has 5 rings (SSSR count). The number of benzene rings is 1. The van der Waals surface area contributed by atoms with Gasteiger partial charge in [0.25, 0.3) is 0 Å². The van der Waals surface area contributed by atoms with Gasteiger partial charge >= 0.3 is 0 Å². The lowest BCUT2D eigenvalue weighted by Crippen LogP contribution is -2.42. The van der Waals surface area contributed by atoms with E-state index in [4.69, 9.17) is 16.5 Å². The smallest absolute Gasteiger partial charge is 0.223 e. The lowest BCUT2D eigenvalue weighted by molar-refractivity contribution is 0.402. The van der Waals surface area contributed by atoms with Gasteiger partial charge in [0.05, 0.1) is 29.0 Å². The molecule has 9 nitrogen and oxygen atoms in total. The van der Waals surface area contributed by atoms with Crippen molar-refractivity contribution in [3.05, 3.63) is 49.1 Å². The first-order valence-electron chi connectivity index (χ1n) is 10.1.